The minimum atomic E-state index is -1.48. The summed E-state index contributed by atoms with van der Waals surface area (Å²) in [5.74, 6) is -2.10. The van der Waals surface area contributed by atoms with Gasteiger partial charge in [-0.05, 0) is 68.3 Å². The molecule has 0 saturated heterocycles. The monoisotopic (exact) mass is 588 g/mol. The number of carboxylic acids is 2. The van der Waals surface area contributed by atoms with Crippen LogP contribution in [0.2, 0.25) is 0 Å². The zero-order valence-electron chi connectivity index (χ0n) is 25.9. The van der Waals surface area contributed by atoms with Gasteiger partial charge in [-0.1, -0.05) is 84.0 Å². The van der Waals surface area contributed by atoms with Crippen molar-refractivity contribution < 1.29 is 28.5 Å². The molecule has 7 heteroatoms. The van der Waals surface area contributed by atoms with Crippen LogP contribution in [0.1, 0.15) is 124 Å². The van der Waals surface area contributed by atoms with Crippen LogP contribution in [-0.2, 0) is 10.8 Å². The first kappa shape index (κ1) is 36.5. The number of aromatic carboxylic acids is 2. The summed E-state index contributed by atoms with van der Waals surface area (Å²) >= 11 is 0. The van der Waals surface area contributed by atoms with Crippen molar-refractivity contribution in [3.8, 4) is 0 Å². The van der Waals surface area contributed by atoms with Crippen molar-refractivity contribution in [1.29, 1.82) is 0 Å². The van der Waals surface area contributed by atoms with Crippen LogP contribution in [0.25, 0.3) is 0 Å². The van der Waals surface area contributed by atoms with E-state index < -0.39 is 22.7 Å². The second kappa shape index (κ2) is 21.2. The number of quaternary nitrogens is 1. The molecule has 2 aromatic carbocycles. The summed E-state index contributed by atoms with van der Waals surface area (Å²) < 4.78 is 13.4. The third-order valence-corrected chi connectivity index (χ3v) is 9.00. The molecule has 0 radical (unpaired) electrons. The van der Waals surface area contributed by atoms with E-state index in [1.54, 1.807) is 0 Å². The summed E-state index contributed by atoms with van der Waals surface area (Å²) in [6.45, 7) is 7.21. The van der Waals surface area contributed by atoms with E-state index in [9.17, 15) is 13.8 Å². The maximum Gasteiger partial charge on any atom is 0.335 e. The normalized spacial score (nSPS) is 11.2. The van der Waals surface area contributed by atoms with Crippen LogP contribution >= 0.6 is 0 Å². The van der Waals surface area contributed by atoms with Crippen LogP contribution in [0.4, 0.5) is 0 Å². The molecule has 6 nitrogen and oxygen atoms in total. The molecule has 0 aliphatic rings. The number of benzene rings is 2. The number of rotatable bonds is 20. The Bertz CT molecular complexity index is 959. The summed E-state index contributed by atoms with van der Waals surface area (Å²) in [6.07, 6.45) is 20.4. The second-order valence-corrected chi connectivity index (χ2v) is 13.0. The van der Waals surface area contributed by atoms with Crippen molar-refractivity contribution in [2.24, 2.45) is 0 Å². The SMILES string of the molecule is CCCCCCCCCCCCCCCC[N+](C)(C)CC.O=C(O)c1ccc(S(=O)c2ccc(C(=O)O)cc2)cc1. The third-order valence-electron chi connectivity index (χ3n) is 7.60. The fraction of sp³-hybridized carbons (Fsp3) is 0.588. The zero-order chi connectivity index (χ0) is 30.5. The molecule has 0 amide bonds. The zero-order valence-corrected chi connectivity index (χ0v) is 26.7. The molecule has 0 aliphatic carbocycles. The molecule has 0 saturated carbocycles. The minimum Gasteiger partial charge on any atom is -0.478 e. The molecule has 41 heavy (non-hydrogen) atoms. The van der Waals surface area contributed by atoms with Crippen molar-refractivity contribution >= 4 is 22.7 Å². The lowest BCUT2D eigenvalue weighted by atomic mass is 10.0. The predicted molar refractivity (Wildman–Crippen MR) is 169 cm³/mol. The molecule has 0 aromatic heterocycles. The summed E-state index contributed by atoms with van der Waals surface area (Å²) in [5.41, 5.74) is 0.235. The van der Waals surface area contributed by atoms with Crippen molar-refractivity contribution in [2.45, 2.75) is 114 Å². The Balaban J connectivity index is 0.000000410. The molecule has 0 unspecified atom stereocenters. The first-order chi connectivity index (χ1) is 19.6. The Kier molecular flexibility index (Phi) is 18.9. The smallest absolute Gasteiger partial charge is 0.335 e. The molecule has 0 aliphatic heterocycles. The van der Waals surface area contributed by atoms with Crippen LogP contribution in [0.5, 0.6) is 0 Å². The molecule has 2 N–H and O–H groups in total. The van der Waals surface area contributed by atoms with Gasteiger partial charge in [0.15, 0.2) is 0 Å². The molecule has 230 valence electrons. The first-order valence-electron chi connectivity index (χ1n) is 15.5. The van der Waals surface area contributed by atoms with E-state index in [1.807, 2.05) is 0 Å². The number of unbranched alkanes of at least 4 members (excludes halogenated alkanes) is 13. The van der Waals surface area contributed by atoms with Crippen molar-refractivity contribution in [3.05, 3.63) is 59.7 Å². The third kappa shape index (κ3) is 16.5. The molecular weight excluding hydrogens is 534 g/mol. The molecule has 0 fully saturated rings. The number of carbonyl (C=O) groups is 2. The molecule has 0 atom stereocenters. The lowest BCUT2D eigenvalue weighted by molar-refractivity contribution is -0.888. The highest BCUT2D eigenvalue weighted by molar-refractivity contribution is 7.85. The highest BCUT2D eigenvalue weighted by atomic mass is 32.2. The topological polar surface area (TPSA) is 91.7 Å². The van der Waals surface area contributed by atoms with E-state index in [4.69, 9.17) is 10.2 Å². The van der Waals surface area contributed by atoms with Gasteiger partial charge in [0.1, 0.15) is 0 Å². The van der Waals surface area contributed by atoms with Gasteiger partial charge in [-0.25, -0.2) is 13.8 Å². The number of carboxylic acid groups (broad SMARTS) is 2. The Morgan fingerprint density at radius 2 is 0.902 bits per heavy atom. The maximum absolute atomic E-state index is 12.2. The van der Waals surface area contributed by atoms with Crippen molar-refractivity contribution in [1.82, 2.24) is 0 Å². The quantitative estimate of drug-likeness (QED) is 0.119. The Morgan fingerprint density at radius 1 is 0.585 bits per heavy atom. The number of hydrogen-bond donors (Lipinski definition) is 2. The molecule has 2 aromatic rings. The second-order valence-electron chi connectivity index (χ2n) is 11.5. The molecule has 2 rings (SSSR count). The van der Waals surface area contributed by atoms with Gasteiger partial charge in [0.25, 0.3) is 0 Å². The van der Waals surface area contributed by atoms with Gasteiger partial charge in [0, 0.05) is 9.79 Å². The van der Waals surface area contributed by atoms with E-state index in [0.717, 1.165) is 0 Å². The lowest BCUT2D eigenvalue weighted by Crippen LogP contribution is -2.39. The highest BCUT2D eigenvalue weighted by Gasteiger charge is 2.11. The Labute approximate surface area is 251 Å². The van der Waals surface area contributed by atoms with Crippen LogP contribution in [0.3, 0.4) is 0 Å². The van der Waals surface area contributed by atoms with Crippen LogP contribution < -0.4 is 0 Å². The van der Waals surface area contributed by atoms with E-state index in [-0.39, 0.29) is 11.1 Å². The number of nitrogens with zero attached hydrogens (tertiary/aromatic N) is 1. The maximum atomic E-state index is 12.2. The summed E-state index contributed by atoms with van der Waals surface area (Å²) in [5, 5.41) is 17.6. The molecular formula is C34H54NO5S+. The van der Waals surface area contributed by atoms with Gasteiger partial charge >= 0.3 is 11.9 Å². The van der Waals surface area contributed by atoms with Crippen LogP contribution in [0.15, 0.2) is 58.3 Å². The van der Waals surface area contributed by atoms with Gasteiger partial charge in [-0.15, -0.1) is 0 Å². The van der Waals surface area contributed by atoms with Gasteiger partial charge in [0.05, 0.1) is 49.1 Å². The molecule has 0 spiro atoms. The largest absolute Gasteiger partial charge is 0.478 e. The molecule has 0 bridgehead atoms. The standard InChI is InChI=1S/C20H44N.C14H10O5S/c1-5-7-8-9-10-11-12-13-14-15-16-17-18-19-20-21(3,4)6-2;15-13(16)9-1-5-11(6-2-9)20(19)12-7-3-10(4-8-12)14(17)18/h5-20H2,1-4H3;1-8H,(H,15,16)(H,17,18)/q+1;. The Morgan fingerprint density at radius 3 is 1.20 bits per heavy atom. The summed E-state index contributed by atoms with van der Waals surface area (Å²) in [7, 11) is 3.22. The van der Waals surface area contributed by atoms with E-state index in [1.165, 1.54) is 156 Å². The average Bonchev–Trinajstić information content (AvgIpc) is 2.97. The summed E-state index contributed by atoms with van der Waals surface area (Å²) in [6, 6.07) is 11.4. The van der Waals surface area contributed by atoms with E-state index in [2.05, 4.69) is 27.9 Å². The van der Waals surface area contributed by atoms with Crippen molar-refractivity contribution in [3.63, 3.8) is 0 Å². The van der Waals surface area contributed by atoms with Gasteiger partial charge in [-0.2, -0.15) is 0 Å². The van der Waals surface area contributed by atoms with E-state index in [0.29, 0.717) is 9.79 Å². The summed E-state index contributed by atoms with van der Waals surface area (Å²) in [4.78, 5) is 22.4. The first-order valence-corrected chi connectivity index (χ1v) is 16.7. The fourth-order valence-corrected chi connectivity index (χ4v) is 5.51. The van der Waals surface area contributed by atoms with Gasteiger partial charge < -0.3 is 14.7 Å². The van der Waals surface area contributed by atoms with E-state index >= 15 is 0 Å². The van der Waals surface area contributed by atoms with Gasteiger partial charge in [0.2, 0.25) is 0 Å². The minimum absolute atomic E-state index is 0.118. The van der Waals surface area contributed by atoms with Crippen molar-refractivity contribution in [2.75, 3.05) is 27.2 Å². The predicted octanol–water partition coefficient (Wildman–Crippen LogP) is 8.81. The molecule has 0 heterocycles. The Hall–Kier alpha value is -2.51. The average molecular weight is 589 g/mol. The van der Waals surface area contributed by atoms with Crippen LogP contribution in [-0.4, -0.2) is 58.0 Å². The highest BCUT2D eigenvalue weighted by Crippen LogP contribution is 2.18. The van der Waals surface area contributed by atoms with Gasteiger partial charge in [-0.3, -0.25) is 0 Å². The number of hydrogen-bond acceptors (Lipinski definition) is 3. The lowest BCUT2D eigenvalue weighted by Gasteiger charge is -2.28. The van der Waals surface area contributed by atoms with Crippen LogP contribution in [0, 0.1) is 0 Å². The fourth-order valence-electron chi connectivity index (χ4n) is 4.47.